The summed E-state index contributed by atoms with van der Waals surface area (Å²) in [6, 6.07) is 7.22. The number of hydrogen-bond donors (Lipinski definition) is 1. The van der Waals surface area contributed by atoms with E-state index in [2.05, 4.69) is 4.90 Å². The van der Waals surface area contributed by atoms with E-state index in [1.807, 2.05) is 17.0 Å². The van der Waals surface area contributed by atoms with Crippen molar-refractivity contribution in [1.29, 1.82) is 0 Å². The van der Waals surface area contributed by atoms with E-state index in [0.29, 0.717) is 31.0 Å². The van der Waals surface area contributed by atoms with Gasteiger partial charge in [0, 0.05) is 44.2 Å². The van der Waals surface area contributed by atoms with Crippen molar-refractivity contribution in [2.45, 2.75) is 12.8 Å². The number of rotatable bonds is 7. The van der Waals surface area contributed by atoms with Crippen molar-refractivity contribution in [1.82, 2.24) is 9.80 Å². The van der Waals surface area contributed by atoms with Crippen molar-refractivity contribution in [2.75, 3.05) is 45.9 Å². The second-order valence-electron chi connectivity index (χ2n) is 5.35. The molecule has 1 saturated heterocycles. The fourth-order valence-corrected chi connectivity index (χ4v) is 2.59. The third-order valence-corrected chi connectivity index (χ3v) is 4.01. The number of hydrogen-bond acceptors (Lipinski definition) is 4. The molecule has 1 fully saturated rings. The number of nitrogens with zero attached hydrogens (tertiary/aromatic N) is 2. The lowest BCUT2D eigenvalue weighted by atomic mass is 10.2. The van der Waals surface area contributed by atoms with Gasteiger partial charge in [0.15, 0.2) is 0 Å². The zero-order valence-electron chi connectivity index (χ0n) is 12.7. The standard InChI is InChI=1S/C16H23ClN2O3/c17-14-3-5-15(6-4-14)22-13-1-2-16(21)19-9-7-18(8-10-19)11-12-20/h3-6,20H,1-2,7-13H2. The highest BCUT2D eigenvalue weighted by molar-refractivity contribution is 6.30. The lowest BCUT2D eigenvalue weighted by Gasteiger charge is -2.34. The molecule has 1 aromatic rings. The highest BCUT2D eigenvalue weighted by Crippen LogP contribution is 2.15. The molecule has 0 radical (unpaired) electrons. The Kier molecular flexibility index (Phi) is 6.96. The highest BCUT2D eigenvalue weighted by atomic mass is 35.5. The lowest BCUT2D eigenvalue weighted by Crippen LogP contribution is -2.49. The largest absolute Gasteiger partial charge is 0.494 e. The van der Waals surface area contributed by atoms with E-state index in [-0.39, 0.29) is 12.5 Å². The van der Waals surface area contributed by atoms with Gasteiger partial charge in [-0.1, -0.05) is 11.6 Å². The van der Waals surface area contributed by atoms with Crippen molar-refractivity contribution in [2.24, 2.45) is 0 Å². The molecule has 5 nitrogen and oxygen atoms in total. The van der Waals surface area contributed by atoms with E-state index < -0.39 is 0 Å². The molecule has 0 aromatic heterocycles. The maximum atomic E-state index is 12.1. The van der Waals surface area contributed by atoms with Crippen molar-refractivity contribution < 1.29 is 14.6 Å². The Morgan fingerprint density at radius 2 is 1.86 bits per heavy atom. The number of aliphatic hydroxyl groups excluding tert-OH is 1. The van der Waals surface area contributed by atoms with Gasteiger partial charge in [-0.25, -0.2) is 0 Å². The minimum Gasteiger partial charge on any atom is -0.494 e. The highest BCUT2D eigenvalue weighted by Gasteiger charge is 2.20. The summed E-state index contributed by atoms with van der Waals surface area (Å²) >= 11 is 5.81. The minimum absolute atomic E-state index is 0.177. The molecule has 0 aliphatic carbocycles. The Hall–Kier alpha value is -1.30. The molecule has 1 N–H and O–H groups in total. The second-order valence-corrected chi connectivity index (χ2v) is 5.79. The molecule has 0 spiro atoms. The van der Waals surface area contributed by atoms with E-state index in [1.165, 1.54) is 0 Å². The van der Waals surface area contributed by atoms with Crippen LogP contribution in [0.25, 0.3) is 0 Å². The molecular weight excluding hydrogens is 304 g/mol. The number of amides is 1. The Bertz CT molecular complexity index is 459. The number of carbonyl (C=O) groups is 1. The summed E-state index contributed by atoms with van der Waals surface area (Å²) in [7, 11) is 0. The molecule has 1 aliphatic heterocycles. The van der Waals surface area contributed by atoms with Crippen LogP contribution in [-0.2, 0) is 4.79 Å². The summed E-state index contributed by atoms with van der Waals surface area (Å²) in [4.78, 5) is 16.2. The average Bonchev–Trinajstić information content (AvgIpc) is 2.54. The van der Waals surface area contributed by atoms with E-state index >= 15 is 0 Å². The summed E-state index contributed by atoms with van der Waals surface area (Å²) in [6.07, 6.45) is 1.21. The topological polar surface area (TPSA) is 53.0 Å². The van der Waals surface area contributed by atoms with Gasteiger partial charge in [0.25, 0.3) is 0 Å². The number of ether oxygens (including phenoxy) is 1. The van der Waals surface area contributed by atoms with Gasteiger partial charge >= 0.3 is 0 Å². The zero-order valence-corrected chi connectivity index (χ0v) is 13.5. The summed E-state index contributed by atoms with van der Waals surface area (Å²) in [5, 5.41) is 9.59. The molecular formula is C16H23ClN2O3. The first kappa shape index (κ1) is 17.1. The van der Waals surface area contributed by atoms with Crippen LogP contribution < -0.4 is 4.74 Å². The number of benzene rings is 1. The van der Waals surface area contributed by atoms with E-state index in [9.17, 15) is 4.79 Å². The van der Waals surface area contributed by atoms with Gasteiger partial charge in [0.05, 0.1) is 13.2 Å². The van der Waals surface area contributed by atoms with Crippen molar-refractivity contribution in [3.63, 3.8) is 0 Å². The first-order chi connectivity index (χ1) is 10.7. The quantitative estimate of drug-likeness (QED) is 0.774. The van der Waals surface area contributed by atoms with Crippen LogP contribution in [0.4, 0.5) is 0 Å². The fraction of sp³-hybridized carbons (Fsp3) is 0.562. The molecule has 1 amide bonds. The van der Waals surface area contributed by atoms with E-state index in [0.717, 1.165) is 31.9 Å². The number of halogens is 1. The number of carbonyl (C=O) groups excluding carboxylic acids is 1. The van der Waals surface area contributed by atoms with Gasteiger partial charge in [0.2, 0.25) is 5.91 Å². The maximum Gasteiger partial charge on any atom is 0.222 e. The van der Waals surface area contributed by atoms with Gasteiger partial charge in [-0.15, -0.1) is 0 Å². The van der Waals surface area contributed by atoms with Crippen LogP contribution in [0.2, 0.25) is 5.02 Å². The number of piperazine rings is 1. The van der Waals surface area contributed by atoms with Gasteiger partial charge in [-0.2, -0.15) is 0 Å². The summed E-state index contributed by atoms with van der Waals surface area (Å²) in [5.41, 5.74) is 0. The monoisotopic (exact) mass is 326 g/mol. The Morgan fingerprint density at radius 3 is 2.50 bits per heavy atom. The predicted octanol–water partition coefficient (Wildman–Crippen LogP) is 1.64. The minimum atomic E-state index is 0.177. The fourth-order valence-electron chi connectivity index (χ4n) is 2.46. The average molecular weight is 327 g/mol. The van der Waals surface area contributed by atoms with Gasteiger partial charge in [-0.3, -0.25) is 9.69 Å². The summed E-state index contributed by atoms with van der Waals surface area (Å²) < 4.78 is 5.58. The van der Waals surface area contributed by atoms with Crippen LogP contribution in [0.15, 0.2) is 24.3 Å². The van der Waals surface area contributed by atoms with Crippen LogP contribution in [-0.4, -0.2) is 66.8 Å². The van der Waals surface area contributed by atoms with Crippen molar-refractivity contribution in [3.05, 3.63) is 29.3 Å². The first-order valence-corrected chi connectivity index (χ1v) is 8.06. The van der Waals surface area contributed by atoms with E-state index in [1.54, 1.807) is 12.1 Å². The molecule has 0 atom stereocenters. The Morgan fingerprint density at radius 1 is 1.18 bits per heavy atom. The van der Waals surface area contributed by atoms with Crippen molar-refractivity contribution >= 4 is 17.5 Å². The molecule has 0 unspecified atom stereocenters. The molecule has 2 rings (SSSR count). The van der Waals surface area contributed by atoms with Crippen LogP contribution in [0.1, 0.15) is 12.8 Å². The molecule has 1 heterocycles. The third kappa shape index (κ3) is 5.48. The number of β-amino-alcohol motifs (C(OH)–C–C–N with tert-alkyl or cyclic N) is 1. The lowest BCUT2D eigenvalue weighted by molar-refractivity contribution is -0.133. The predicted molar refractivity (Wildman–Crippen MR) is 86.3 cm³/mol. The molecule has 0 bridgehead atoms. The SMILES string of the molecule is O=C(CCCOc1ccc(Cl)cc1)N1CCN(CCO)CC1. The van der Waals surface area contributed by atoms with Crippen LogP contribution in [0, 0.1) is 0 Å². The smallest absolute Gasteiger partial charge is 0.222 e. The Balaban J connectivity index is 1.61. The van der Waals surface area contributed by atoms with Crippen molar-refractivity contribution in [3.8, 4) is 5.75 Å². The maximum absolute atomic E-state index is 12.1. The number of aliphatic hydroxyl groups is 1. The first-order valence-electron chi connectivity index (χ1n) is 7.68. The second kappa shape index (κ2) is 8.98. The summed E-state index contributed by atoms with van der Waals surface area (Å²) in [5.74, 6) is 0.956. The normalized spacial score (nSPS) is 15.8. The van der Waals surface area contributed by atoms with Gasteiger partial charge in [-0.05, 0) is 30.7 Å². The molecule has 22 heavy (non-hydrogen) atoms. The van der Waals surface area contributed by atoms with Crippen LogP contribution in [0.3, 0.4) is 0 Å². The molecule has 0 saturated carbocycles. The molecule has 122 valence electrons. The molecule has 1 aromatic carbocycles. The van der Waals surface area contributed by atoms with E-state index in [4.69, 9.17) is 21.4 Å². The zero-order chi connectivity index (χ0) is 15.8. The third-order valence-electron chi connectivity index (χ3n) is 3.76. The van der Waals surface area contributed by atoms with Crippen LogP contribution in [0.5, 0.6) is 5.75 Å². The molecule has 6 heteroatoms. The summed E-state index contributed by atoms with van der Waals surface area (Å²) in [6.45, 7) is 4.57. The van der Waals surface area contributed by atoms with Gasteiger partial charge < -0.3 is 14.7 Å². The van der Waals surface area contributed by atoms with Crippen LogP contribution >= 0.6 is 11.6 Å². The Labute approximate surface area is 136 Å². The van der Waals surface area contributed by atoms with Gasteiger partial charge in [0.1, 0.15) is 5.75 Å². The molecule has 1 aliphatic rings.